The van der Waals surface area contributed by atoms with E-state index in [0.29, 0.717) is 15.5 Å². The zero-order valence-corrected chi connectivity index (χ0v) is 16.5. The third kappa shape index (κ3) is 3.61. The lowest BCUT2D eigenvalue weighted by atomic mass is 10.2. The van der Waals surface area contributed by atoms with Gasteiger partial charge in [-0.15, -0.1) is 11.3 Å². The molecule has 0 saturated heterocycles. The summed E-state index contributed by atoms with van der Waals surface area (Å²) in [5.74, 6) is -0.530. The minimum atomic E-state index is -3.54. The maximum atomic E-state index is 12.4. The van der Waals surface area contributed by atoms with Gasteiger partial charge in [0, 0.05) is 24.2 Å². The Morgan fingerprint density at radius 3 is 2.58 bits per heavy atom. The number of hydrogen-bond donors (Lipinski definition) is 0. The van der Waals surface area contributed by atoms with Crippen LogP contribution < -0.4 is 0 Å². The molecule has 0 aliphatic rings. The van der Waals surface area contributed by atoms with Crippen molar-refractivity contribution < 1.29 is 17.9 Å². The molecule has 1 aromatic heterocycles. The van der Waals surface area contributed by atoms with E-state index in [1.165, 1.54) is 37.6 Å². The number of halogens is 1. The summed E-state index contributed by atoms with van der Waals surface area (Å²) < 4.78 is 31.8. The molecule has 0 unspecified atom stereocenters. The number of ether oxygens (including phenoxy) is 1. The number of rotatable bonds is 5. The highest BCUT2D eigenvalue weighted by Crippen LogP contribution is 2.35. The van der Waals surface area contributed by atoms with Crippen LogP contribution >= 0.6 is 22.9 Å². The zero-order chi connectivity index (χ0) is 18.9. The fourth-order valence-corrected chi connectivity index (χ4v) is 4.74. The highest BCUT2D eigenvalue weighted by Gasteiger charge is 2.20. The molecular formula is C18H16ClNO4S2. The average Bonchev–Trinajstić information content (AvgIpc) is 2.97. The summed E-state index contributed by atoms with van der Waals surface area (Å²) in [7, 11) is -0.613. The van der Waals surface area contributed by atoms with Crippen LogP contribution in [0.15, 0.2) is 53.4 Å². The number of thiophene rings is 1. The molecular weight excluding hydrogens is 394 g/mol. The van der Waals surface area contributed by atoms with Crippen LogP contribution in [0, 0.1) is 0 Å². The largest absolute Gasteiger partial charge is 0.457 e. The molecule has 0 saturated carbocycles. The van der Waals surface area contributed by atoms with Crippen LogP contribution in [0.5, 0.6) is 0 Å². The van der Waals surface area contributed by atoms with Gasteiger partial charge in [0.25, 0.3) is 0 Å². The van der Waals surface area contributed by atoms with E-state index in [2.05, 4.69) is 0 Å². The molecule has 2 aromatic carbocycles. The highest BCUT2D eigenvalue weighted by molar-refractivity contribution is 7.89. The van der Waals surface area contributed by atoms with Gasteiger partial charge >= 0.3 is 5.97 Å². The van der Waals surface area contributed by atoms with E-state index in [0.717, 1.165) is 14.4 Å². The molecule has 136 valence electrons. The first kappa shape index (κ1) is 18.8. The number of hydrogen-bond acceptors (Lipinski definition) is 5. The lowest BCUT2D eigenvalue weighted by molar-refractivity contribution is 0.0478. The Kier molecular flexibility index (Phi) is 5.34. The molecule has 3 rings (SSSR count). The van der Waals surface area contributed by atoms with Crippen LogP contribution in [-0.2, 0) is 21.4 Å². The molecule has 0 bridgehead atoms. The Morgan fingerprint density at radius 2 is 1.88 bits per heavy atom. The van der Waals surface area contributed by atoms with Gasteiger partial charge < -0.3 is 4.74 Å². The number of nitrogens with zero attached hydrogens (tertiary/aromatic N) is 1. The van der Waals surface area contributed by atoms with Gasteiger partial charge in [-0.05, 0) is 23.8 Å². The molecule has 0 aliphatic carbocycles. The molecule has 0 N–H and O–H groups in total. The SMILES string of the molecule is CN(C)S(=O)(=O)c1cccc(COC(=O)c2sc3ccccc3c2Cl)c1. The lowest BCUT2D eigenvalue weighted by Gasteiger charge is -2.12. The number of fused-ring (bicyclic) bond motifs is 1. The van der Waals surface area contributed by atoms with Crippen molar-refractivity contribution in [2.45, 2.75) is 11.5 Å². The molecule has 26 heavy (non-hydrogen) atoms. The van der Waals surface area contributed by atoms with Crippen LogP contribution in [-0.4, -0.2) is 32.8 Å². The van der Waals surface area contributed by atoms with Crippen LogP contribution in [0.1, 0.15) is 15.2 Å². The fourth-order valence-electron chi connectivity index (χ4n) is 2.37. The Hall–Kier alpha value is -1.93. The Morgan fingerprint density at radius 1 is 1.15 bits per heavy atom. The molecule has 1 heterocycles. The number of benzene rings is 2. The third-order valence-corrected chi connectivity index (χ3v) is 7.23. The van der Waals surface area contributed by atoms with E-state index < -0.39 is 16.0 Å². The molecule has 0 fully saturated rings. The van der Waals surface area contributed by atoms with Crippen molar-refractivity contribution in [1.82, 2.24) is 4.31 Å². The summed E-state index contributed by atoms with van der Waals surface area (Å²) in [4.78, 5) is 12.9. The van der Waals surface area contributed by atoms with E-state index in [4.69, 9.17) is 16.3 Å². The minimum absolute atomic E-state index is 0.0415. The smallest absolute Gasteiger partial charge is 0.350 e. The molecule has 3 aromatic rings. The van der Waals surface area contributed by atoms with E-state index in [9.17, 15) is 13.2 Å². The summed E-state index contributed by atoms with van der Waals surface area (Å²) >= 11 is 7.55. The summed E-state index contributed by atoms with van der Waals surface area (Å²) in [6.07, 6.45) is 0. The van der Waals surface area contributed by atoms with Gasteiger partial charge in [-0.1, -0.05) is 41.9 Å². The summed E-state index contributed by atoms with van der Waals surface area (Å²) in [6, 6.07) is 13.8. The summed E-state index contributed by atoms with van der Waals surface area (Å²) in [5.41, 5.74) is 0.582. The Bertz CT molecular complexity index is 1070. The van der Waals surface area contributed by atoms with Gasteiger partial charge in [0.05, 0.1) is 9.92 Å². The van der Waals surface area contributed by atoms with Crippen molar-refractivity contribution in [3.8, 4) is 0 Å². The summed E-state index contributed by atoms with van der Waals surface area (Å²) in [6.45, 7) is -0.0415. The number of carbonyl (C=O) groups is 1. The Balaban J connectivity index is 1.78. The molecule has 0 atom stereocenters. The molecule has 0 spiro atoms. The second-order valence-corrected chi connectivity index (χ2v) is 9.33. The second-order valence-electron chi connectivity index (χ2n) is 5.75. The van der Waals surface area contributed by atoms with Crippen molar-refractivity contribution in [2.75, 3.05) is 14.1 Å². The predicted molar refractivity (Wildman–Crippen MR) is 103 cm³/mol. The molecule has 0 aliphatic heterocycles. The van der Waals surface area contributed by atoms with E-state index >= 15 is 0 Å². The van der Waals surface area contributed by atoms with Crippen LogP contribution in [0.4, 0.5) is 0 Å². The van der Waals surface area contributed by atoms with Gasteiger partial charge in [-0.3, -0.25) is 0 Å². The lowest BCUT2D eigenvalue weighted by Crippen LogP contribution is -2.22. The van der Waals surface area contributed by atoms with Crippen LogP contribution in [0.2, 0.25) is 5.02 Å². The van der Waals surface area contributed by atoms with Crippen molar-refractivity contribution in [3.05, 3.63) is 64.0 Å². The van der Waals surface area contributed by atoms with Crippen molar-refractivity contribution >= 4 is 49.0 Å². The first-order chi connectivity index (χ1) is 12.3. The van der Waals surface area contributed by atoms with Crippen LogP contribution in [0.3, 0.4) is 0 Å². The van der Waals surface area contributed by atoms with Crippen molar-refractivity contribution in [1.29, 1.82) is 0 Å². The topological polar surface area (TPSA) is 63.7 Å². The quantitative estimate of drug-likeness (QED) is 0.593. The van der Waals surface area contributed by atoms with Crippen molar-refractivity contribution in [3.63, 3.8) is 0 Å². The second kappa shape index (κ2) is 7.36. The highest BCUT2D eigenvalue weighted by atomic mass is 35.5. The van der Waals surface area contributed by atoms with E-state index in [1.807, 2.05) is 24.3 Å². The predicted octanol–water partition coefficient (Wildman–Crippen LogP) is 4.16. The number of esters is 1. The van der Waals surface area contributed by atoms with E-state index in [-0.39, 0.29) is 11.5 Å². The minimum Gasteiger partial charge on any atom is -0.457 e. The molecule has 0 radical (unpaired) electrons. The molecule has 5 nitrogen and oxygen atoms in total. The summed E-state index contributed by atoms with van der Waals surface area (Å²) in [5, 5.41) is 1.18. The first-order valence-corrected chi connectivity index (χ1v) is 10.3. The number of carbonyl (C=O) groups excluding carboxylic acids is 1. The maximum Gasteiger partial charge on any atom is 0.350 e. The van der Waals surface area contributed by atoms with Crippen LogP contribution in [0.25, 0.3) is 10.1 Å². The maximum absolute atomic E-state index is 12.4. The monoisotopic (exact) mass is 409 g/mol. The van der Waals surface area contributed by atoms with E-state index in [1.54, 1.807) is 12.1 Å². The van der Waals surface area contributed by atoms with Gasteiger partial charge in [0.2, 0.25) is 10.0 Å². The fraction of sp³-hybridized carbons (Fsp3) is 0.167. The Labute approximate surface area is 160 Å². The number of sulfonamides is 1. The standard InChI is InChI=1S/C18H16ClNO4S2/c1-20(2)26(22,23)13-7-5-6-12(10-13)11-24-18(21)17-16(19)14-8-3-4-9-15(14)25-17/h3-10H,11H2,1-2H3. The third-order valence-electron chi connectivity index (χ3n) is 3.77. The van der Waals surface area contributed by atoms with Gasteiger partial charge in [0.1, 0.15) is 11.5 Å². The van der Waals surface area contributed by atoms with Gasteiger partial charge in [0.15, 0.2) is 0 Å². The molecule has 8 heteroatoms. The normalized spacial score (nSPS) is 11.8. The van der Waals surface area contributed by atoms with Gasteiger partial charge in [-0.2, -0.15) is 0 Å². The zero-order valence-electron chi connectivity index (χ0n) is 14.1. The average molecular weight is 410 g/mol. The molecule has 0 amide bonds. The van der Waals surface area contributed by atoms with Crippen molar-refractivity contribution in [2.24, 2.45) is 0 Å². The van der Waals surface area contributed by atoms with Gasteiger partial charge in [-0.25, -0.2) is 17.5 Å². The first-order valence-electron chi connectivity index (χ1n) is 7.66.